The topological polar surface area (TPSA) is 44.8 Å². The molecule has 18 heavy (non-hydrogen) atoms. The van der Waals surface area contributed by atoms with Crippen LogP contribution in [0, 0.1) is 5.41 Å². The van der Waals surface area contributed by atoms with Crippen LogP contribution in [-0.2, 0) is 19.0 Å². The lowest BCUT2D eigenvalue weighted by molar-refractivity contribution is -0.140. The fourth-order valence-electron chi connectivity index (χ4n) is 0.952. The van der Waals surface area contributed by atoms with Crippen LogP contribution in [0.5, 0.6) is 0 Å². The average molecular weight is 258 g/mol. The van der Waals surface area contributed by atoms with Gasteiger partial charge in [0.15, 0.2) is 0 Å². The van der Waals surface area contributed by atoms with Gasteiger partial charge in [0.2, 0.25) is 0 Å². The molecular weight excluding hydrogens is 232 g/mol. The molecule has 4 nitrogen and oxygen atoms in total. The lowest BCUT2D eigenvalue weighted by Gasteiger charge is -2.27. The van der Waals surface area contributed by atoms with Gasteiger partial charge in [0.1, 0.15) is 6.61 Å². The van der Waals surface area contributed by atoms with E-state index in [9.17, 15) is 4.79 Å². The van der Waals surface area contributed by atoms with Crippen LogP contribution >= 0.6 is 0 Å². The third-order valence-electron chi connectivity index (χ3n) is 2.62. The molecule has 0 rings (SSSR count). The van der Waals surface area contributed by atoms with Gasteiger partial charge in [-0.3, -0.25) is 0 Å². The molecule has 1 atom stereocenters. The van der Waals surface area contributed by atoms with E-state index in [0.717, 1.165) is 0 Å². The van der Waals surface area contributed by atoms with E-state index in [1.807, 2.05) is 0 Å². The summed E-state index contributed by atoms with van der Waals surface area (Å²) < 4.78 is 15.8. The molecule has 0 aliphatic heterocycles. The van der Waals surface area contributed by atoms with E-state index >= 15 is 0 Å². The third kappa shape index (κ3) is 8.25. The maximum atomic E-state index is 11.0. The van der Waals surface area contributed by atoms with E-state index in [4.69, 9.17) is 14.2 Å². The molecule has 0 saturated heterocycles. The van der Waals surface area contributed by atoms with Gasteiger partial charge in [0, 0.05) is 5.57 Å². The fraction of sp³-hybridized carbons (Fsp3) is 0.786. The van der Waals surface area contributed by atoms with Crippen LogP contribution in [0.3, 0.4) is 0 Å². The minimum absolute atomic E-state index is 0.136. The van der Waals surface area contributed by atoms with E-state index in [1.54, 1.807) is 6.92 Å². The second-order valence-corrected chi connectivity index (χ2v) is 5.41. The van der Waals surface area contributed by atoms with Crippen molar-refractivity contribution in [1.29, 1.82) is 0 Å². The minimum atomic E-state index is -0.379. The highest BCUT2D eigenvalue weighted by atomic mass is 16.6. The van der Waals surface area contributed by atoms with Gasteiger partial charge >= 0.3 is 5.97 Å². The van der Waals surface area contributed by atoms with E-state index in [0.29, 0.717) is 25.4 Å². The van der Waals surface area contributed by atoms with Gasteiger partial charge in [-0.15, -0.1) is 0 Å². The van der Waals surface area contributed by atoms with Crippen molar-refractivity contribution in [3.05, 3.63) is 12.2 Å². The quantitative estimate of drug-likeness (QED) is 0.381. The van der Waals surface area contributed by atoms with Crippen molar-refractivity contribution in [2.24, 2.45) is 5.41 Å². The second kappa shape index (κ2) is 8.27. The Balaban J connectivity index is 3.42. The van der Waals surface area contributed by atoms with Gasteiger partial charge in [0.05, 0.1) is 25.9 Å². The van der Waals surface area contributed by atoms with Crippen LogP contribution in [0.15, 0.2) is 12.2 Å². The first kappa shape index (κ1) is 17.1. The number of esters is 1. The molecule has 0 fully saturated rings. The molecule has 0 aromatic heterocycles. The zero-order valence-electron chi connectivity index (χ0n) is 12.2. The fourth-order valence-corrected chi connectivity index (χ4v) is 0.952. The summed E-state index contributed by atoms with van der Waals surface area (Å²) in [6.07, 6.45) is 0.183. The zero-order chi connectivity index (χ0) is 14.2. The minimum Gasteiger partial charge on any atom is -0.460 e. The summed E-state index contributed by atoms with van der Waals surface area (Å²) in [5.74, 6) is -0.379. The summed E-state index contributed by atoms with van der Waals surface area (Å²) in [7, 11) is 0. The molecule has 0 aliphatic carbocycles. The summed E-state index contributed by atoms with van der Waals surface area (Å²) >= 11 is 0. The Morgan fingerprint density at radius 2 is 1.72 bits per heavy atom. The normalized spacial score (nSPS) is 13.2. The van der Waals surface area contributed by atoms with Crippen LogP contribution < -0.4 is 0 Å². The van der Waals surface area contributed by atoms with Crippen LogP contribution in [0.1, 0.15) is 34.6 Å². The first-order chi connectivity index (χ1) is 8.25. The van der Waals surface area contributed by atoms with Gasteiger partial charge in [-0.1, -0.05) is 27.4 Å². The molecule has 4 heteroatoms. The SMILES string of the molecule is C=C(C)C(=O)OCCOCCOC(C)C(C)(C)C. The van der Waals surface area contributed by atoms with Gasteiger partial charge < -0.3 is 14.2 Å². The maximum Gasteiger partial charge on any atom is 0.333 e. The molecule has 0 bridgehead atoms. The van der Waals surface area contributed by atoms with Crippen LogP contribution in [-0.4, -0.2) is 38.5 Å². The number of carbonyl (C=O) groups is 1. The number of hydrogen-bond acceptors (Lipinski definition) is 4. The maximum absolute atomic E-state index is 11.0. The highest BCUT2D eigenvalue weighted by Gasteiger charge is 2.20. The molecule has 0 amide bonds. The first-order valence-corrected chi connectivity index (χ1v) is 6.27. The standard InChI is InChI=1S/C14H26O4/c1-11(2)13(15)18-10-8-16-7-9-17-12(3)14(4,5)6/h12H,1,7-10H2,2-6H3. The molecule has 0 saturated carbocycles. The summed E-state index contributed by atoms with van der Waals surface area (Å²) in [4.78, 5) is 11.0. The van der Waals surface area contributed by atoms with Crippen molar-refractivity contribution in [2.75, 3.05) is 26.4 Å². The Morgan fingerprint density at radius 3 is 2.22 bits per heavy atom. The van der Waals surface area contributed by atoms with Crippen LogP contribution in [0.2, 0.25) is 0 Å². The smallest absolute Gasteiger partial charge is 0.333 e. The summed E-state index contributed by atoms with van der Waals surface area (Å²) in [6.45, 7) is 15.2. The predicted molar refractivity (Wildman–Crippen MR) is 71.5 cm³/mol. The Labute approximate surface area is 110 Å². The molecular formula is C14H26O4. The number of rotatable bonds is 8. The average Bonchev–Trinajstić information content (AvgIpc) is 2.25. The molecule has 0 spiro atoms. The van der Waals surface area contributed by atoms with Crippen molar-refractivity contribution >= 4 is 5.97 Å². The van der Waals surface area contributed by atoms with E-state index < -0.39 is 0 Å². The second-order valence-electron chi connectivity index (χ2n) is 5.41. The highest BCUT2D eigenvalue weighted by molar-refractivity contribution is 5.86. The number of hydrogen-bond donors (Lipinski definition) is 0. The monoisotopic (exact) mass is 258 g/mol. The summed E-state index contributed by atoms with van der Waals surface area (Å²) in [6, 6.07) is 0. The largest absolute Gasteiger partial charge is 0.460 e. The molecule has 0 radical (unpaired) electrons. The molecule has 0 aromatic rings. The highest BCUT2D eigenvalue weighted by Crippen LogP contribution is 2.21. The van der Waals surface area contributed by atoms with Crippen LogP contribution in [0.25, 0.3) is 0 Å². The van der Waals surface area contributed by atoms with E-state index in [2.05, 4.69) is 34.3 Å². The molecule has 106 valence electrons. The van der Waals surface area contributed by atoms with E-state index in [-0.39, 0.29) is 24.1 Å². The molecule has 0 aliphatic rings. The van der Waals surface area contributed by atoms with Crippen molar-refractivity contribution in [1.82, 2.24) is 0 Å². The summed E-state index contributed by atoms with van der Waals surface area (Å²) in [5.41, 5.74) is 0.536. The van der Waals surface area contributed by atoms with Crippen molar-refractivity contribution < 1.29 is 19.0 Å². The Bertz CT molecular complexity index is 265. The van der Waals surface area contributed by atoms with Crippen molar-refractivity contribution in [3.63, 3.8) is 0 Å². The van der Waals surface area contributed by atoms with Gasteiger partial charge in [-0.25, -0.2) is 4.79 Å². The lowest BCUT2D eigenvalue weighted by atomic mass is 9.90. The predicted octanol–water partition coefficient (Wildman–Crippen LogP) is 2.57. The lowest BCUT2D eigenvalue weighted by Crippen LogP contribution is -2.27. The molecule has 0 heterocycles. The zero-order valence-corrected chi connectivity index (χ0v) is 12.2. The first-order valence-electron chi connectivity index (χ1n) is 6.27. The van der Waals surface area contributed by atoms with E-state index in [1.165, 1.54) is 0 Å². The Hall–Kier alpha value is -0.870. The van der Waals surface area contributed by atoms with Gasteiger partial charge in [-0.2, -0.15) is 0 Å². The summed E-state index contributed by atoms with van der Waals surface area (Å²) in [5, 5.41) is 0. The molecule has 1 unspecified atom stereocenters. The van der Waals surface area contributed by atoms with Crippen LogP contribution in [0.4, 0.5) is 0 Å². The van der Waals surface area contributed by atoms with Gasteiger partial charge in [0.25, 0.3) is 0 Å². The molecule has 0 aromatic carbocycles. The van der Waals surface area contributed by atoms with Crippen molar-refractivity contribution in [3.8, 4) is 0 Å². The number of carbonyl (C=O) groups excluding carboxylic acids is 1. The third-order valence-corrected chi connectivity index (χ3v) is 2.62. The number of ether oxygens (including phenoxy) is 3. The molecule has 0 N–H and O–H groups in total. The van der Waals surface area contributed by atoms with Gasteiger partial charge in [-0.05, 0) is 19.3 Å². The van der Waals surface area contributed by atoms with Crippen molar-refractivity contribution in [2.45, 2.75) is 40.7 Å². The Morgan fingerprint density at radius 1 is 1.17 bits per heavy atom. The Kier molecular flexibility index (Phi) is 7.87.